The minimum atomic E-state index is 0.0160. The summed E-state index contributed by atoms with van der Waals surface area (Å²) in [5.41, 5.74) is 8.38. The van der Waals surface area contributed by atoms with E-state index in [2.05, 4.69) is 27.1 Å². The highest BCUT2D eigenvalue weighted by Gasteiger charge is 2.12. The lowest BCUT2D eigenvalue weighted by Crippen LogP contribution is -1.93. The van der Waals surface area contributed by atoms with E-state index in [1.165, 1.54) is 0 Å². The highest BCUT2D eigenvalue weighted by atomic mass is 16.3. The lowest BCUT2D eigenvalue weighted by Gasteiger charge is -2.10. The molecule has 1 aromatic carbocycles. The van der Waals surface area contributed by atoms with E-state index in [4.69, 9.17) is 4.98 Å². The monoisotopic (exact) mass is 392 g/mol. The first-order valence-electron chi connectivity index (χ1n) is 9.79. The highest BCUT2D eigenvalue weighted by Crippen LogP contribution is 2.33. The molecule has 4 aromatic heterocycles. The van der Waals surface area contributed by atoms with Crippen molar-refractivity contribution in [2.45, 2.75) is 13.5 Å². The minimum Gasteiger partial charge on any atom is -0.392 e. The van der Waals surface area contributed by atoms with Crippen LogP contribution in [0.15, 0.2) is 79.3 Å². The fourth-order valence-electron chi connectivity index (χ4n) is 3.69. The van der Waals surface area contributed by atoms with E-state index in [1.54, 1.807) is 0 Å². The molecule has 5 rings (SSSR count). The molecule has 0 amide bonds. The predicted molar refractivity (Wildman–Crippen MR) is 119 cm³/mol. The fourth-order valence-corrected chi connectivity index (χ4v) is 3.69. The van der Waals surface area contributed by atoms with Crippen LogP contribution in [0.5, 0.6) is 0 Å². The largest absolute Gasteiger partial charge is 0.392 e. The van der Waals surface area contributed by atoms with Gasteiger partial charge >= 0.3 is 0 Å². The van der Waals surface area contributed by atoms with Crippen LogP contribution in [0.4, 0.5) is 0 Å². The second-order valence-corrected chi connectivity index (χ2v) is 7.28. The van der Waals surface area contributed by atoms with Crippen molar-refractivity contribution in [1.29, 1.82) is 0 Å². The first kappa shape index (κ1) is 18.2. The number of aliphatic hydroxyl groups excluding tert-OH is 1. The summed E-state index contributed by atoms with van der Waals surface area (Å²) in [4.78, 5) is 17.1. The fraction of sp³-hybridized carbons (Fsp3) is 0.0800. The second-order valence-electron chi connectivity index (χ2n) is 7.28. The number of aromatic nitrogens is 4. The molecule has 0 radical (unpaired) electrons. The van der Waals surface area contributed by atoms with Crippen LogP contribution in [0.1, 0.15) is 11.3 Å². The molecule has 2 N–H and O–H groups in total. The van der Waals surface area contributed by atoms with Gasteiger partial charge in [0.25, 0.3) is 0 Å². The summed E-state index contributed by atoms with van der Waals surface area (Å²) in [5, 5.41) is 10.5. The van der Waals surface area contributed by atoms with Crippen molar-refractivity contribution in [3.63, 3.8) is 0 Å². The predicted octanol–water partition coefficient (Wildman–Crippen LogP) is 5.15. The number of hydrogen-bond donors (Lipinski definition) is 2. The molecule has 5 nitrogen and oxygen atoms in total. The number of rotatable bonds is 4. The summed E-state index contributed by atoms with van der Waals surface area (Å²) in [6.07, 6.45) is 5.61. The number of pyridine rings is 3. The third-order valence-electron chi connectivity index (χ3n) is 5.17. The Bertz CT molecular complexity index is 1360. The van der Waals surface area contributed by atoms with Gasteiger partial charge in [-0.25, -0.2) is 4.98 Å². The van der Waals surface area contributed by atoms with Crippen molar-refractivity contribution in [3.05, 3.63) is 90.5 Å². The highest BCUT2D eigenvalue weighted by molar-refractivity contribution is 5.95. The first-order chi connectivity index (χ1) is 14.7. The van der Waals surface area contributed by atoms with Crippen molar-refractivity contribution in [3.8, 4) is 33.6 Å². The molecular formula is C25H20N4O. The summed E-state index contributed by atoms with van der Waals surface area (Å²) >= 11 is 0. The van der Waals surface area contributed by atoms with E-state index >= 15 is 0 Å². The molecule has 0 atom stereocenters. The third kappa shape index (κ3) is 3.36. The number of fused-ring (bicyclic) bond motifs is 1. The number of aliphatic hydroxyl groups is 1. The van der Waals surface area contributed by atoms with Crippen LogP contribution in [0, 0.1) is 6.92 Å². The number of H-pyrrole nitrogens is 1. The van der Waals surface area contributed by atoms with E-state index < -0.39 is 0 Å². The first-order valence-corrected chi connectivity index (χ1v) is 9.79. The van der Waals surface area contributed by atoms with Gasteiger partial charge in [0.05, 0.1) is 18.0 Å². The molecule has 4 heterocycles. The van der Waals surface area contributed by atoms with Crippen LogP contribution in [0.25, 0.3) is 44.7 Å². The number of aryl methyl sites for hydroxylation is 1. The van der Waals surface area contributed by atoms with Gasteiger partial charge in [0, 0.05) is 40.8 Å². The van der Waals surface area contributed by atoms with Gasteiger partial charge in [-0.2, -0.15) is 0 Å². The number of nitrogens with one attached hydrogen (secondary N) is 1. The maximum atomic E-state index is 9.46. The van der Waals surface area contributed by atoms with Crippen molar-refractivity contribution in [1.82, 2.24) is 19.9 Å². The van der Waals surface area contributed by atoms with Crippen molar-refractivity contribution >= 4 is 11.0 Å². The summed E-state index contributed by atoms with van der Waals surface area (Å²) in [6.45, 7) is 1.99. The minimum absolute atomic E-state index is 0.0160. The molecule has 0 bridgehead atoms. The Labute approximate surface area is 174 Å². The molecule has 30 heavy (non-hydrogen) atoms. The maximum Gasteiger partial charge on any atom is 0.138 e. The molecule has 5 aromatic rings. The number of benzene rings is 1. The van der Waals surface area contributed by atoms with Gasteiger partial charge in [-0.15, -0.1) is 0 Å². The van der Waals surface area contributed by atoms with Gasteiger partial charge in [-0.3, -0.25) is 9.97 Å². The van der Waals surface area contributed by atoms with Crippen molar-refractivity contribution < 1.29 is 5.11 Å². The normalized spacial score (nSPS) is 11.1. The summed E-state index contributed by atoms with van der Waals surface area (Å²) in [7, 11) is 0. The van der Waals surface area contributed by atoms with E-state index in [9.17, 15) is 5.11 Å². The standard InChI is InChI=1S/C25H20N4O/c1-16-4-2-7-23(28-16)24-12-22(21-8-9-27-25(21)29-24)20-11-19(13-26-14-20)18-6-3-5-17(10-18)15-30/h2-14,30H,15H2,1H3,(H,27,29). The van der Waals surface area contributed by atoms with Crippen LogP contribution in [-0.4, -0.2) is 25.0 Å². The van der Waals surface area contributed by atoms with Crippen LogP contribution < -0.4 is 0 Å². The second kappa shape index (κ2) is 7.54. The summed E-state index contributed by atoms with van der Waals surface area (Å²) in [5.74, 6) is 0. The van der Waals surface area contributed by atoms with Crippen molar-refractivity contribution in [2.24, 2.45) is 0 Å². The van der Waals surface area contributed by atoms with Gasteiger partial charge in [-0.1, -0.05) is 24.3 Å². The SMILES string of the molecule is Cc1cccc(-c2cc(-c3cncc(-c4cccc(CO)c4)c3)c3cc[nH]c3n2)n1. The quantitative estimate of drug-likeness (QED) is 0.443. The van der Waals surface area contributed by atoms with Gasteiger partial charge in [-0.05, 0) is 60.0 Å². The third-order valence-corrected chi connectivity index (χ3v) is 5.17. The van der Waals surface area contributed by atoms with Crippen LogP contribution in [-0.2, 0) is 6.61 Å². The Balaban J connectivity index is 1.67. The summed E-state index contributed by atoms with van der Waals surface area (Å²) in [6, 6.07) is 20.1. The van der Waals surface area contributed by atoms with Crippen LogP contribution >= 0.6 is 0 Å². The Kier molecular flexibility index (Phi) is 4.58. The lowest BCUT2D eigenvalue weighted by atomic mass is 9.99. The number of hydrogen-bond acceptors (Lipinski definition) is 4. The smallest absolute Gasteiger partial charge is 0.138 e. The average molecular weight is 392 g/mol. The van der Waals surface area contributed by atoms with E-state index in [0.29, 0.717) is 0 Å². The summed E-state index contributed by atoms with van der Waals surface area (Å²) < 4.78 is 0. The Morgan fingerprint density at radius 3 is 2.57 bits per heavy atom. The zero-order valence-electron chi connectivity index (χ0n) is 16.5. The zero-order valence-corrected chi connectivity index (χ0v) is 16.5. The average Bonchev–Trinajstić information content (AvgIpc) is 3.27. The van der Waals surface area contributed by atoms with Crippen LogP contribution in [0.3, 0.4) is 0 Å². The molecule has 0 fully saturated rings. The van der Waals surface area contributed by atoms with Gasteiger partial charge in [0.15, 0.2) is 0 Å². The molecule has 5 heteroatoms. The Morgan fingerprint density at radius 2 is 1.70 bits per heavy atom. The van der Waals surface area contributed by atoms with E-state index in [-0.39, 0.29) is 6.61 Å². The van der Waals surface area contributed by atoms with Gasteiger partial charge in [0.2, 0.25) is 0 Å². The van der Waals surface area contributed by atoms with Crippen LogP contribution in [0.2, 0.25) is 0 Å². The molecule has 0 spiro atoms. The van der Waals surface area contributed by atoms with Gasteiger partial charge in [0.1, 0.15) is 5.65 Å². The molecule has 0 saturated carbocycles. The molecule has 146 valence electrons. The topological polar surface area (TPSA) is 74.7 Å². The number of aromatic amines is 1. The molecular weight excluding hydrogens is 372 g/mol. The van der Waals surface area contributed by atoms with Gasteiger partial charge < -0.3 is 10.1 Å². The lowest BCUT2D eigenvalue weighted by molar-refractivity contribution is 0.282. The molecule has 0 unspecified atom stereocenters. The molecule has 0 aliphatic rings. The Morgan fingerprint density at radius 1 is 0.833 bits per heavy atom. The zero-order chi connectivity index (χ0) is 20.5. The van der Waals surface area contributed by atoms with E-state index in [1.807, 2.05) is 74.0 Å². The Hall–Kier alpha value is -3.83. The molecule has 0 saturated heterocycles. The molecule has 0 aliphatic carbocycles. The maximum absolute atomic E-state index is 9.46. The van der Waals surface area contributed by atoms with Crippen molar-refractivity contribution in [2.75, 3.05) is 0 Å². The van der Waals surface area contributed by atoms with E-state index in [0.717, 1.165) is 55.9 Å². The number of nitrogens with zero attached hydrogens (tertiary/aromatic N) is 3. The molecule has 0 aliphatic heterocycles.